The third kappa shape index (κ3) is 4.96. The van der Waals surface area contributed by atoms with E-state index in [2.05, 4.69) is 30.6 Å². The van der Waals surface area contributed by atoms with E-state index >= 15 is 0 Å². The Morgan fingerprint density at radius 1 is 1.40 bits per heavy atom. The van der Waals surface area contributed by atoms with Crippen molar-refractivity contribution in [3.63, 3.8) is 0 Å². The fraction of sp³-hybridized carbons (Fsp3) is 0.214. The highest BCUT2D eigenvalue weighted by atomic mass is 14.7. The number of rotatable bonds is 5. The lowest BCUT2D eigenvalue weighted by Gasteiger charge is -1.99. The summed E-state index contributed by atoms with van der Waals surface area (Å²) in [6.45, 7) is 5.76. The number of nitrogens with zero attached hydrogens (tertiary/aromatic N) is 1. The molecule has 1 heterocycles. The van der Waals surface area contributed by atoms with Crippen molar-refractivity contribution in [1.29, 1.82) is 0 Å². The maximum atomic E-state index is 4.29. The molecule has 0 aliphatic heterocycles. The van der Waals surface area contributed by atoms with Gasteiger partial charge < -0.3 is 0 Å². The van der Waals surface area contributed by atoms with E-state index in [1.807, 2.05) is 30.5 Å². The number of hydrogen-bond acceptors (Lipinski definition) is 1. The molecule has 0 amide bonds. The van der Waals surface area contributed by atoms with Crippen LogP contribution in [0.3, 0.4) is 0 Å². The Balaban J connectivity index is 2.40. The molecule has 0 bridgehead atoms. The average Bonchev–Trinajstić information content (AvgIpc) is 2.28. The molecule has 0 saturated heterocycles. The zero-order chi connectivity index (χ0) is 10.9. The molecule has 0 aliphatic rings. The molecule has 0 unspecified atom stereocenters. The molecule has 0 aliphatic carbocycles. The van der Waals surface area contributed by atoms with Crippen LogP contribution in [0.5, 0.6) is 0 Å². The first-order valence-corrected chi connectivity index (χ1v) is 5.17. The summed E-state index contributed by atoms with van der Waals surface area (Å²) in [5, 5.41) is 0. The Bertz CT molecular complexity index is 347. The lowest BCUT2D eigenvalue weighted by atomic mass is 10.1. The molecule has 0 aromatic carbocycles. The van der Waals surface area contributed by atoms with Gasteiger partial charge in [0.1, 0.15) is 0 Å². The minimum absolute atomic E-state index is 1.01. The zero-order valence-corrected chi connectivity index (χ0v) is 9.19. The standard InChI is InChI=1S/C14H17N/c1-3-4-5-8-13(2)10-11-14-9-6-7-12-15-14/h3-9,12H,1,10-11H2,2H3/b5-4-,13-8+. The van der Waals surface area contributed by atoms with Crippen molar-refractivity contribution in [2.75, 3.05) is 0 Å². The third-order valence-electron chi connectivity index (χ3n) is 2.13. The maximum Gasteiger partial charge on any atom is 0.0406 e. The summed E-state index contributed by atoms with van der Waals surface area (Å²) >= 11 is 0. The monoisotopic (exact) mass is 199 g/mol. The quantitative estimate of drug-likeness (QED) is 0.659. The van der Waals surface area contributed by atoms with Crippen LogP contribution < -0.4 is 0 Å². The Morgan fingerprint density at radius 3 is 2.93 bits per heavy atom. The second-order valence-corrected chi connectivity index (χ2v) is 3.45. The van der Waals surface area contributed by atoms with E-state index in [4.69, 9.17) is 0 Å². The second-order valence-electron chi connectivity index (χ2n) is 3.45. The molecule has 1 nitrogen and oxygen atoms in total. The molecule has 0 saturated carbocycles. The summed E-state index contributed by atoms with van der Waals surface area (Å²) in [4.78, 5) is 4.29. The van der Waals surface area contributed by atoms with Crippen LogP contribution in [0.2, 0.25) is 0 Å². The smallest absolute Gasteiger partial charge is 0.0406 e. The van der Waals surface area contributed by atoms with E-state index in [9.17, 15) is 0 Å². The minimum atomic E-state index is 1.01. The molecule has 0 atom stereocenters. The van der Waals surface area contributed by atoms with Gasteiger partial charge in [-0.15, -0.1) is 0 Å². The maximum absolute atomic E-state index is 4.29. The highest BCUT2D eigenvalue weighted by molar-refractivity contribution is 5.15. The van der Waals surface area contributed by atoms with Gasteiger partial charge in [0.15, 0.2) is 0 Å². The van der Waals surface area contributed by atoms with Crippen molar-refractivity contribution in [3.8, 4) is 0 Å². The molecule has 1 rings (SSSR count). The van der Waals surface area contributed by atoms with Gasteiger partial charge in [-0.25, -0.2) is 0 Å². The number of aryl methyl sites for hydroxylation is 1. The van der Waals surface area contributed by atoms with Crippen LogP contribution in [-0.2, 0) is 6.42 Å². The Hall–Kier alpha value is -1.63. The van der Waals surface area contributed by atoms with E-state index in [0.717, 1.165) is 18.5 Å². The normalized spacial score (nSPS) is 11.9. The molecular formula is C14H17N. The summed E-state index contributed by atoms with van der Waals surface area (Å²) < 4.78 is 0. The number of allylic oxidation sites excluding steroid dienone is 5. The van der Waals surface area contributed by atoms with Crippen LogP contribution in [0, 0.1) is 0 Å². The van der Waals surface area contributed by atoms with Gasteiger partial charge in [-0.3, -0.25) is 4.98 Å². The van der Waals surface area contributed by atoms with E-state index in [0.29, 0.717) is 0 Å². The van der Waals surface area contributed by atoms with Crippen LogP contribution in [0.4, 0.5) is 0 Å². The highest BCUT2D eigenvalue weighted by Gasteiger charge is 1.93. The van der Waals surface area contributed by atoms with Crippen LogP contribution in [0.15, 0.2) is 60.9 Å². The average molecular weight is 199 g/mol. The molecule has 1 aromatic heterocycles. The summed E-state index contributed by atoms with van der Waals surface area (Å²) in [7, 11) is 0. The molecule has 15 heavy (non-hydrogen) atoms. The summed E-state index contributed by atoms with van der Waals surface area (Å²) in [6.07, 6.45) is 11.7. The first-order chi connectivity index (χ1) is 7.33. The molecule has 1 heteroatoms. The van der Waals surface area contributed by atoms with Crippen molar-refractivity contribution in [2.45, 2.75) is 19.8 Å². The van der Waals surface area contributed by atoms with Crippen molar-refractivity contribution in [1.82, 2.24) is 4.98 Å². The Morgan fingerprint density at radius 2 is 2.27 bits per heavy atom. The molecule has 78 valence electrons. The molecule has 1 aromatic rings. The summed E-state index contributed by atoms with van der Waals surface area (Å²) in [5.41, 5.74) is 2.51. The van der Waals surface area contributed by atoms with E-state index in [-0.39, 0.29) is 0 Å². The van der Waals surface area contributed by atoms with Gasteiger partial charge >= 0.3 is 0 Å². The SMILES string of the molecule is C=C/C=C\C=C(/C)CCc1ccccn1. The molecule has 0 spiro atoms. The highest BCUT2D eigenvalue weighted by Crippen LogP contribution is 2.06. The van der Waals surface area contributed by atoms with E-state index in [1.54, 1.807) is 6.08 Å². The van der Waals surface area contributed by atoms with Crippen molar-refractivity contribution < 1.29 is 0 Å². The van der Waals surface area contributed by atoms with Gasteiger partial charge in [0.25, 0.3) is 0 Å². The van der Waals surface area contributed by atoms with Gasteiger partial charge in [0, 0.05) is 11.9 Å². The van der Waals surface area contributed by atoms with Gasteiger partial charge in [0.05, 0.1) is 0 Å². The van der Waals surface area contributed by atoms with Crippen LogP contribution >= 0.6 is 0 Å². The number of hydrogen-bond donors (Lipinski definition) is 0. The number of pyridine rings is 1. The summed E-state index contributed by atoms with van der Waals surface area (Å²) in [6, 6.07) is 6.03. The molecule has 0 N–H and O–H groups in total. The lowest BCUT2D eigenvalue weighted by Crippen LogP contribution is -1.89. The largest absolute Gasteiger partial charge is 0.261 e. The van der Waals surface area contributed by atoms with Gasteiger partial charge in [-0.1, -0.05) is 42.5 Å². The second kappa shape index (κ2) is 6.77. The fourth-order valence-corrected chi connectivity index (χ4v) is 1.25. The first kappa shape index (κ1) is 11.4. The van der Waals surface area contributed by atoms with Crippen LogP contribution in [-0.4, -0.2) is 4.98 Å². The fourth-order valence-electron chi connectivity index (χ4n) is 1.25. The van der Waals surface area contributed by atoms with Crippen molar-refractivity contribution in [3.05, 3.63) is 66.5 Å². The van der Waals surface area contributed by atoms with E-state index < -0.39 is 0 Å². The number of aromatic nitrogens is 1. The predicted octanol–water partition coefficient (Wildman–Crippen LogP) is 3.70. The van der Waals surface area contributed by atoms with Crippen molar-refractivity contribution in [2.24, 2.45) is 0 Å². The van der Waals surface area contributed by atoms with Crippen molar-refractivity contribution >= 4 is 0 Å². The van der Waals surface area contributed by atoms with Gasteiger partial charge in [-0.2, -0.15) is 0 Å². The third-order valence-corrected chi connectivity index (χ3v) is 2.13. The topological polar surface area (TPSA) is 12.9 Å². The predicted molar refractivity (Wildman–Crippen MR) is 65.7 cm³/mol. The lowest BCUT2D eigenvalue weighted by molar-refractivity contribution is 0.900. The molecular weight excluding hydrogens is 182 g/mol. The van der Waals surface area contributed by atoms with Crippen LogP contribution in [0.1, 0.15) is 19.0 Å². The molecule has 0 radical (unpaired) electrons. The Kier molecular flexibility index (Phi) is 5.16. The first-order valence-electron chi connectivity index (χ1n) is 5.17. The van der Waals surface area contributed by atoms with Gasteiger partial charge in [-0.05, 0) is 31.9 Å². The molecule has 0 fully saturated rings. The van der Waals surface area contributed by atoms with Gasteiger partial charge in [0.2, 0.25) is 0 Å². The Labute approximate surface area is 91.9 Å². The summed E-state index contributed by atoms with van der Waals surface area (Å²) in [5.74, 6) is 0. The minimum Gasteiger partial charge on any atom is -0.261 e. The zero-order valence-electron chi connectivity index (χ0n) is 9.19. The van der Waals surface area contributed by atoms with Crippen LogP contribution in [0.25, 0.3) is 0 Å². The van der Waals surface area contributed by atoms with E-state index in [1.165, 1.54) is 5.57 Å².